The Kier molecular flexibility index (Phi) is 5.41. The fourth-order valence-corrected chi connectivity index (χ4v) is 3.58. The number of carbonyl (C=O) groups is 2. The molecule has 156 valence electrons. The van der Waals surface area contributed by atoms with Crippen LogP contribution in [-0.2, 0) is 4.79 Å². The average molecular weight is 416 g/mol. The monoisotopic (exact) mass is 416 g/mol. The van der Waals surface area contributed by atoms with Gasteiger partial charge >= 0.3 is 5.97 Å². The zero-order chi connectivity index (χ0) is 22.0. The number of benzene rings is 3. The first-order chi connectivity index (χ1) is 15.0. The number of nitrogens with zero attached hydrogens (tertiary/aromatic N) is 1. The number of rotatable bonds is 6. The minimum atomic E-state index is -1.01. The van der Waals surface area contributed by atoms with Crippen LogP contribution in [0.4, 0.5) is 11.4 Å². The van der Waals surface area contributed by atoms with Crippen LogP contribution in [0, 0.1) is 0 Å². The zero-order valence-electron chi connectivity index (χ0n) is 17.0. The summed E-state index contributed by atoms with van der Waals surface area (Å²) in [5.74, 6) is -0.860. The lowest BCUT2D eigenvalue weighted by atomic mass is 9.90. The number of aliphatic imine (C=N–C) groups is 1. The smallest absolute Gasteiger partial charge is 0.335 e. The van der Waals surface area contributed by atoms with Crippen molar-refractivity contribution < 1.29 is 24.2 Å². The highest BCUT2D eigenvalue weighted by Gasteiger charge is 2.36. The van der Waals surface area contributed by atoms with Crippen molar-refractivity contribution in [3.05, 3.63) is 83.4 Å². The SMILES string of the molecule is COc1cc2c(cc1OC)C(C(=Nc1ccc(C(=O)O)cc1)c1ccccc1)C(=O)N2. The maximum Gasteiger partial charge on any atom is 0.335 e. The number of ether oxygens (including phenoxy) is 2. The van der Waals surface area contributed by atoms with Gasteiger partial charge in [0, 0.05) is 11.8 Å². The number of methoxy groups -OCH3 is 2. The van der Waals surface area contributed by atoms with E-state index < -0.39 is 11.9 Å². The van der Waals surface area contributed by atoms with Gasteiger partial charge in [-0.15, -0.1) is 0 Å². The molecule has 3 aromatic rings. The number of hydrogen-bond donors (Lipinski definition) is 2. The Hall–Kier alpha value is -4.13. The van der Waals surface area contributed by atoms with E-state index >= 15 is 0 Å². The molecule has 1 aliphatic rings. The fraction of sp³-hybridized carbons (Fsp3) is 0.125. The van der Waals surface area contributed by atoms with Crippen molar-refractivity contribution in [1.29, 1.82) is 0 Å². The van der Waals surface area contributed by atoms with Crippen molar-refractivity contribution in [2.75, 3.05) is 19.5 Å². The molecule has 0 aromatic heterocycles. The number of fused-ring (bicyclic) bond motifs is 1. The van der Waals surface area contributed by atoms with Gasteiger partial charge in [-0.3, -0.25) is 9.79 Å². The number of nitrogens with one attached hydrogen (secondary N) is 1. The van der Waals surface area contributed by atoms with Crippen LogP contribution in [0.5, 0.6) is 11.5 Å². The third-order valence-electron chi connectivity index (χ3n) is 5.09. The molecule has 1 aliphatic heterocycles. The van der Waals surface area contributed by atoms with Gasteiger partial charge in [0.05, 0.1) is 31.2 Å². The van der Waals surface area contributed by atoms with Gasteiger partial charge in [-0.2, -0.15) is 0 Å². The molecule has 0 bridgehead atoms. The summed E-state index contributed by atoms with van der Waals surface area (Å²) in [6, 6.07) is 19.1. The van der Waals surface area contributed by atoms with Crippen LogP contribution in [0.25, 0.3) is 0 Å². The molecule has 4 rings (SSSR count). The second kappa shape index (κ2) is 8.31. The van der Waals surface area contributed by atoms with Crippen LogP contribution >= 0.6 is 0 Å². The summed E-state index contributed by atoms with van der Waals surface area (Å²) in [6.07, 6.45) is 0. The predicted molar refractivity (Wildman–Crippen MR) is 117 cm³/mol. The van der Waals surface area contributed by atoms with E-state index in [4.69, 9.17) is 19.6 Å². The van der Waals surface area contributed by atoms with Crippen LogP contribution in [0.2, 0.25) is 0 Å². The summed E-state index contributed by atoms with van der Waals surface area (Å²) >= 11 is 0. The molecule has 1 unspecified atom stereocenters. The highest BCUT2D eigenvalue weighted by Crippen LogP contribution is 2.42. The van der Waals surface area contributed by atoms with Crippen molar-refractivity contribution >= 4 is 29.0 Å². The Morgan fingerprint density at radius 1 is 0.935 bits per heavy atom. The molecule has 0 saturated carbocycles. The second-order valence-electron chi connectivity index (χ2n) is 6.93. The standard InChI is InChI=1S/C24H20N2O5/c1-30-19-12-17-18(13-20(19)31-2)26-23(27)21(17)22(14-6-4-3-5-7-14)25-16-10-8-15(9-11-16)24(28)29/h3-13,21H,1-2H3,(H,26,27)(H,28,29). The van der Waals surface area contributed by atoms with E-state index in [-0.39, 0.29) is 11.5 Å². The summed E-state index contributed by atoms with van der Waals surface area (Å²) in [5, 5.41) is 12.0. The quantitative estimate of drug-likeness (QED) is 0.585. The molecule has 0 aliphatic carbocycles. The van der Waals surface area contributed by atoms with E-state index in [1.54, 1.807) is 31.4 Å². The van der Waals surface area contributed by atoms with Gasteiger partial charge < -0.3 is 19.9 Å². The number of hydrogen-bond acceptors (Lipinski definition) is 5. The number of carbonyl (C=O) groups excluding carboxylic acids is 1. The molecule has 1 amide bonds. The van der Waals surface area contributed by atoms with Gasteiger partial charge in [0.1, 0.15) is 5.92 Å². The first kappa shape index (κ1) is 20.2. The lowest BCUT2D eigenvalue weighted by Crippen LogP contribution is -2.22. The highest BCUT2D eigenvalue weighted by molar-refractivity contribution is 6.24. The zero-order valence-corrected chi connectivity index (χ0v) is 17.0. The Morgan fingerprint density at radius 2 is 1.58 bits per heavy atom. The van der Waals surface area contributed by atoms with Crippen LogP contribution in [0.3, 0.4) is 0 Å². The lowest BCUT2D eigenvalue weighted by molar-refractivity contribution is -0.115. The molecule has 1 atom stereocenters. The molecule has 1 heterocycles. The number of carboxylic acid groups (broad SMARTS) is 1. The van der Waals surface area contributed by atoms with Gasteiger partial charge in [0.25, 0.3) is 0 Å². The Labute approximate surface area is 179 Å². The third-order valence-corrected chi connectivity index (χ3v) is 5.09. The minimum Gasteiger partial charge on any atom is -0.493 e. The molecule has 0 saturated heterocycles. The van der Waals surface area contributed by atoms with Gasteiger partial charge in [0.15, 0.2) is 11.5 Å². The average Bonchev–Trinajstić information content (AvgIpc) is 3.11. The summed E-state index contributed by atoms with van der Waals surface area (Å²) in [4.78, 5) is 28.9. The largest absolute Gasteiger partial charge is 0.493 e. The van der Waals surface area contributed by atoms with Gasteiger partial charge in [-0.05, 0) is 41.5 Å². The molecule has 31 heavy (non-hydrogen) atoms. The maximum absolute atomic E-state index is 13.0. The van der Waals surface area contributed by atoms with Crippen LogP contribution in [0.15, 0.2) is 71.7 Å². The van der Waals surface area contributed by atoms with Crippen molar-refractivity contribution in [2.24, 2.45) is 4.99 Å². The Balaban J connectivity index is 1.86. The summed E-state index contributed by atoms with van der Waals surface area (Å²) in [5.41, 5.74) is 3.41. The first-order valence-electron chi connectivity index (χ1n) is 9.56. The molecule has 0 fully saturated rings. The van der Waals surface area contributed by atoms with E-state index in [1.807, 2.05) is 30.3 Å². The van der Waals surface area contributed by atoms with Gasteiger partial charge in [0.2, 0.25) is 5.91 Å². The number of aromatic carboxylic acids is 1. The van der Waals surface area contributed by atoms with Gasteiger partial charge in [-0.1, -0.05) is 30.3 Å². The Bertz CT molecular complexity index is 1170. The van der Waals surface area contributed by atoms with Crippen molar-refractivity contribution in [3.8, 4) is 11.5 Å². The first-order valence-corrected chi connectivity index (χ1v) is 9.56. The Morgan fingerprint density at radius 3 is 2.19 bits per heavy atom. The van der Waals surface area contributed by atoms with E-state index in [0.717, 1.165) is 11.1 Å². The van der Waals surface area contributed by atoms with Crippen LogP contribution in [0.1, 0.15) is 27.4 Å². The topological polar surface area (TPSA) is 97.2 Å². The number of anilines is 1. The molecule has 7 heteroatoms. The highest BCUT2D eigenvalue weighted by atomic mass is 16.5. The minimum absolute atomic E-state index is 0.168. The van der Waals surface area contributed by atoms with Crippen molar-refractivity contribution in [2.45, 2.75) is 5.92 Å². The van der Waals surface area contributed by atoms with E-state index in [9.17, 15) is 9.59 Å². The van der Waals surface area contributed by atoms with E-state index in [1.165, 1.54) is 19.2 Å². The third kappa shape index (κ3) is 3.85. The normalized spacial score (nSPS) is 15.2. The number of carboxylic acids is 1. The molecular weight excluding hydrogens is 396 g/mol. The summed E-state index contributed by atoms with van der Waals surface area (Å²) < 4.78 is 10.8. The van der Waals surface area contributed by atoms with E-state index in [0.29, 0.717) is 28.6 Å². The fourth-order valence-electron chi connectivity index (χ4n) is 3.58. The van der Waals surface area contributed by atoms with Crippen molar-refractivity contribution in [1.82, 2.24) is 0 Å². The summed E-state index contributed by atoms with van der Waals surface area (Å²) in [7, 11) is 3.08. The lowest BCUT2D eigenvalue weighted by Gasteiger charge is -2.15. The maximum atomic E-state index is 13.0. The van der Waals surface area contributed by atoms with Gasteiger partial charge in [-0.25, -0.2) is 4.79 Å². The molecular formula is C24H20N2O5. The molecule has 7 nitrogen and oxygen atoms in total. The molecule has 3 aromatic carbocycles. The second-order valence-corrected chi connectivity index (χ2v) is 6.93. The molecule has 2 N–H and O–H groups in total. The molecule has 0 spiro atoms. The predicted octanol–water partition coefficient (Wildman–Crippen LogP) is 4.26. The van der Waals surface area contributed by atoms with Crippen LogP contribution in [-0.4, -0.2) is 36.9 Å². The van der Waals surface area contributed by atoms with Crippen LogP contribution < -0.4 is 14.8 Å². The number of amides is 1. The summed E-state index contributed by atoms with van der Waals surface area (Å²) in [6.45, 7) is 0. The van der Waals surface area contributed by atoms with E-state index in [2.05, 4.69) is 5.32 Å². The molecule has 0 radical (unpaired) electrons. The van der Waals surface area contributed by atoms with Crippen molar-refractivity contribution in [3.63, 3.8) is 0 Å².